The Morgan fingerprint density at radius 1 is 1.27 bits per heavy atom. The molecule has 0 atom stereocenters. The van der Waals surface area contributed by atoms with Gasteiger partial charge in [0.25, 0.3) is 0 Å². The second-order valence-corrected chi connectivity index (χ2v) is 4.03. The van der Waals surface area contributed by atoms with Gasteiger partial charge >= 0.3 is 0 Å². The molecule has 0 aromatic carbocycles. The van der Waals surface area contributed by atoms with Gasteiger partial charge in [0.1, 0.15) is 0 Å². The van der Waals surface area contributed by atoms with E-state index in [1.807, 2.05) is 0 Å². The maximum atomic E-state index is 5.44. The zero-order valence-corrected chi connectivity index (χ0v) is 7.83. The van der Waals surface area contributed by atoms with Gasteiger partial charge in [-0.2, -0.15) is 0 Å². The van der Waals surface area contributed by atoms with Gasteiger partial charge in [0.05, 0.1) is 4.99 Å². The molecule has 0 bridgehead atoms. The first-order valence-electron chi connectivity index (χ1n) is 4.57. The molecule has 1 fully saturated rings. The summed E-state index contributed by atoms with van der Waals surface area (Å²) in [6.07, 6.45) is 9.27. The standard InChI is InChI=1S/C9H17NS/c10-9(11)7-6-8-4-2-1-3-5-8/h8H,1-7H2,(H2,10,11). The number of hydrogen-bond donors (Lipinski definition) is 1. The second-order valence-electron chi connectivity index (χ2n) is 3.51. The van der Waals surface area contributed by atoms with E-state index in [4.69, 9.17) is 18.0 Å². The first kappa shape index (κ1) is 8.98. The van der Waals surface area contributed by atoms with Gasteiger partial charge in [-0.05, 0) is 18.8 Å². The number of thiocarbonyl (C=S) groups is 1. The van der Waals surface area contributed by atoms with Gasteiger partial charge in [0.2, 0.25) is 0 Å². The predicted octanol–water partition coefficient (Wildman–Crippen LogP) is 2.63. The lowest BCUT2D eigenvalue weighted by molar-refractivity contribution is 0.343. The van der Waals surface area contributed by atoms with Crippen molar-refractivity contribution in [3.63, 3.8) is 0 Å². The van der Waals surface area contributed by atoms with E-state index in [0.29, 0.717) is 4.99 Å². The van der Waals surface area contributed by atoms with Crippen LogP contribution in [0.2, 0.25) is 0 Å². The highest BCUT2D eigenvalue weighted by atomic mass is 32.1. The van der Waals surface area contributed by atoms with Gasteiger partial charge in [0.15, 0.2) is 0 Å². The molecular formula is C9H17NS. The maximum absolute atomic E-state index is 5.44. The molecule has 1 rings (SSSR count). The van der Waals surface area contributed by atoms with Gasteiger partial charge in [-0.1, -0.05) is 44.3 Å². The Hall–Kier alpha value is -0.110. The van der Waals surface area contributed by atoms with Gasteiger partial charge in [-0.15, -0.1) is 0 Å². The van der Waals surface area contributed by atoms with E-state index in [1.165, 1.54) is 38.5 Å². The van der Waals surface area contributed by atoms with Gasteiger partial charge in [0, 0.05) is 0 Å². The summed E-state index contributed by atoms with van der Waals surface area (Å²) in [7, 11) is 0. The number of rotatable bonds is 3. The summed E-state index contributed by atoms with van der Waals surface area (Å²) in [6, 6.07) is 0. The van der Waals surface area contributed by atoms with Crippen molar-refractivity contribution in [3.05, 3.63) is 0 Å². The highest BCUT2D eigenvalue weighted by Crippen LogP contribution is 2.26. The Kier molecular flexibility index (Phi) is 3.84. The van der Waals surface area contributed by atoms with Crippen LogP contribution in [0.5, 0.6) is 0 Å². The molecule has 0 radical (unpaired) electrons. The van der Waals surface area contributed by atoms with Crippen molar-refractivity contribution in [3.8, 4) is 0 Å². The van der Waals surface area contributed by atoms with E-state index in [9.17, 15) is 0 Å². The molecule has 0 saturated heterocycles. The Morgan fingerprint density at radius 2 is 1.91 bits per heavy atom. The zero-order chi connectivity index (χ0) is 8.10. The Balaban J connectivity index is 2.09. The maximum Gasteiger partial charge on any atom is 0.0727 e. The van der Waals surface area contributed by atoms with Crippen molar-refractivity contribution >= 4 is 17.2 Å². The van der Waals surface area contributed by atoms with Crippen molar-refractivity contribution in [1.82, 2.24) is 0 Å². The van der Waals surface area contributed by atoms with Gasteiger partial charge < -0.3 is 5.73 Å². The minimum absolute atomic E-state index is 0.690. The first-order chi connectivity index (χ1) is 5.29. The fourth-order valence-corrected chi connectivity index (χ4v) is 1.94. The van der Waals surface area contributed by atoms with E-state index >= 15 is 0 Å². The monoisotopic (exact) mass is 171 g/mol. The molecular weight excluding hydrogens is 154 g/mol. The Bertz CT molecular complexity index is 128. The lowest BCUT2D eigenvalue weighted by atomic mass is 9.86. The quantitative estimate of drug-likeness (QED) is 0.661. The molecule has 2 N–H and O–H groups in total. The molecule has 1 saturated carbocycles. The first-order valence-corrected chi connectivity index (χ1v) is 4.98. The van der Waals surface area contributed by atoms with Crippen LogP contribution in [-0.4, -0.2) is 4.99 Å². The van der Waals surface area contributed by atoms with E-state index in [1.54, 1.807) is 0 Å². The second kappa shape index (κ2) is 4.70. The topological polar surface area (TPSA) is 26.0 Å². The number of nitrogens with two attached hydrogens (primary N) is 1. The highest BCUT2D eigenvalue weighted by Gasteiger charge is 2.12. The van der Waals surface area contributed by atoms with Crippen molar-refractivity contribution < 1.29 is 0 Å². The van der Waals surface area contributed by atoms with Crippen LogP contribution < -0.4 is 5.73 Å². The zero-order valence-electron chi connectivity index (χ0n) is 7.01. The van der Waals surface area contributed by atoms with Crippen LogP contribution in [0.25, 0.3) is 0 Å². The molecule has 64 valence electrons. The van der Waals surface area contributed by atoms with Crippen molar-refractivity contribution in [1.29, 1.82) is 0 Å². The molecule has 0 unspecified atom stereocenters. The van der Waals surface area contributed by atoms with Crippen LogP contribution in [-0.2, 0) is 0 Å². The summed E-state index contributed by atoms with van der Waals surface area (Å²) >= 11 is 4.84. The molecule has 0 heterocycles. The molecule has 0 aromatic heterocycles. The third-order valence-corrected chi connectivity index (χ3v) is 2.73. The lowest BCUT2D eigenvalue weighted by Crippen LogP contribution is -2.12. The van der Waals surface area contributed by atoms with E-state index in [2.05, 4.69) is 0 Å². The third kappa shape index (κ3) is 3.71. The van der Waals surface area contributed by atoms with Crippen LogP contribution in [0.4, 0.5) is 0 Å². The highest BCUT2D eigenvalue weighted by molar-refractivity contribution is 7.80. The normalized spacial score (nSPS) is 20.0. The average Bonchev–Trinajstić information content (AvgIpc) is 2.03. The van der Waals surface area contributed by atoms with E-state index in [-0.39, 0.29) is 0 Å². The Morgan fingerprint density at radius 3 is 2.45 bits per heavy atom. The van der Waals surface area contributed by atoms with Crippen LogP contribution in [0.15, 0.2) is 0 Å². The summed E-state index contributed by atoms with van der Waals surface area (Å²) < 4.78 is 0. The van der Waals surface area contributed by atoms with Crippen LogP contribution in [0.1, 0.15) is 44.9 Å². The summed E-state index contributed by atoms with van der Waals surface area (Å²) in [5, 5.41) is 0. The predicted molar refractivity (Wildman–Crippen MR) is 52.6 cm³/mol. The SMILES string of the molecule is NC(=S)CCC1CCCCC1. The van der Waals surface area contributed by atoms with E-state index < -0.39 is 0 Å². The van der Waals surface area contributed by atoms with E-state index in [0.717, 1.165) is 12.3 Å². The van der Waals surface area contributed by atoms with Gasteiger partial charge in [-0.3, -0.25) is 0 Å². The molecule has 0 aliphatic heterocycles. The molecule has 11 heavy (non-hydrogen) atoms. The third-order valence-electron chi connectivity index (χ3n) is 2.52. The van der Waals surface area contributed by atoms with Crippen molar-refractivity contribution in [2.24, 2.45) is 11.7 Å². The smallest absolute Gasteiger partial charge is 0.0727 e. The fraction of sp³-hybridized carbons (Fsp3) is 0.889. The van der Waals surface area contributed by atoms with Crippen LogP contribution in [0, 0.1) is 5.92 Å². The van der Waals surface area contributed by atoms with Gasteiger partial charge in [-0.25, -0.2) is 0 Å². The summed E-state index contributed by atoms with van der Waals surface area (Å²) in [6.45, 7) is 0. The van der Waals surface area contributed by atoms with Crippen LogP contribution >= 0.6 is 12.2 Å². The summed E-state index contributed by atoms with van der Waals surface area (Å²) in [4.78, 5) is 0.690. The molecule has 1 nitrogen and oxygen atoms in total. The molecule has 1 aliphatic rings. The fourth-order valence-electron chi connectivity index (χ4n) is 1.82. The van der Waals surface area contributed by atoms with Crippen molar-refractivity contribution in [2.75, 3.05) is 0 Å². The number of hydrogen-bond acceptors (Lipinski definition) is 1. The molecule has 0 spiro atoms. The summed E-state index contributed by atoms with van der Waals surface area (Å²) in [5.74, 6) is 0.922. The average molecular weight is 171 g/mol. The largest absolute Gasteiger partial charge is 0.393 e. The molecule has 0 amide bonds. The minimum Gasteiger partial charge on any atom is -0.393 e. The van der Waals surface area contributed by atoms with Crippen molar-refractivity contribution in [2.45, 2.75) is 44.9 Å². The summed E-state index contributed by atoms with van der Waals surface area (Å²) in [5.41, 5.74) is 5.44. The molecule has 1 aliphatic carbocycles. The van der Waals surface area contributed by atoms with Crippen LogP contribution in [0.3, 0.4) is 0 Å². The Labute approximate surface area is 74.4 Å². The molecule has 0 aromatic rings. The minimum atomic E-state index is 0.690. The lowest BCUT2D eigenvalue weighted by Gasteiger charge is -2.20. The molecule has 2 heteroatoms.